The van der Waals surface area contributed by atoms with E-state index in [1.54, 1.807) is 0 Å². The summed E-state index contributed by atoms with van der Waals surface area (Å²) in [4.78, 5) is 0. The predicted molar refractivity (Wildman–Crippen MR) is 130 cm³/mol. The maximum Gasteiger partial charge on any atom is 0.0480 e. The molecular formula is C29H24N2. The fourth-order valence-electron chi connectivity index (χ4n) is 5.20. The zero-order valence-corrected chi connectivity index (χ0v) is 17.8. The largest absolute Gasteiger partial charge is 0.350 e. The van der Waals surface area contributed by atoms with Gasteiger partial charge in [-0.25, -0.2) is 0 Å². The van der Waals surface area contributed by atoms with Crippen LogP contribution in [0.15, 0.2) is 103 Å². The number of hydrogen-bond acceptors (Lipinski definition) is 0. The standard InChI is InChI=1S/C29H24N2/c1-30-18-25(22-12-6-8-14-27(22)30)29(24-17-16-20-10-4-3-5-11-21(20)24)26-19-31(2)28-15-9-7-13-23(26)28/h3-19,29H,1-2H3. The van der Waals surface area contributed by atoms with Crippen LogP contribution in [-0.2, 0) is 14.1 Å². The first-order valence-corrected chi connectivity index (χ1v) is 10.8. The van der Waals surface area contributed by atoms with E-state index in [0.717, 1.165) is 0 Å². The zero-order chi connectivity index (χ0) is 20.9. The quantitative estimate of drug-likeness (QED) is 0.304. The van der Waals surface area contributed by atoms with E-state index < -0.39 is 0 Å². The Morgan fingerprint density at radius 1 is 0.516 bits per heavy atom. The van der Waals surface area contributed by atoms with Gasteiger partial charge < -0.3 is 9.13 Å². The van der Waals surface area contributed by atoms with Crippen LogP contribution in [0.1, 0.15) is 22.6 Å². The SMILES string of the molecule is Cn1cc(C(c2ccc3cccccc2-3)c2cn(C)c3ccccc23)c2ccccc21. The predicted octanol–water partition coefficient (Wildman–Crippen LogP) is 6.96. The fraction of sp³-hybridized carbons (Fsp3) is 0.103. The highest BCUT2D eigenvalue weighted by atomic mass is 14.9. The number of para-hydroxylation sites is 2. The first-order valence-electron chi connectivity index (χ1n) is 10.8. The van der Waals surface area contributed by atoms with Crippen LogP contribution < -0.4 is 0 Å². The molecule has 2 heteroatoms. The summed E-state index contributed by atoms with van der Waals surface area (Å²) in [5.74, 6) is 0.150. The van der Waals surface area contributed by atoms with Crippen molar-refractivity contribution in [2.45, 2.75) is 5.92 Å². The van der Waals surface area contributed by atoms with E-state index in [-0.39, 0.29) is 5.92 Å². The maximum atomic E-state index is 2.32. The van der Waals surface area contributed by atoms with Gasteiger partial charge in [0, 0.05) is 54.2 Å². The molecule has 2 aromatic heterocycles. The molecule has 6 rings (SSSR count). The van der Waals surface area contributed by atoms with Gasteiger partial charge in [-0.05, 0) is 39.9 Å². The van der Waals surface area contributed by atoms with E-state index in [0.29, 0.717) is 0 Å². The molecule has 0 unspecified atom stereocenters. The van der Waals surface area contributed by atoms with Crippen molar-refractivity contribution in [3.05, 3.63) is 120 Å². The summed E-state index contributed by atoms with van der Waals surface area (Å²) in [6.07, 6.45) is 4.64. The van der Waals surface area contributed by atoms with Crippen LogP contribution in [0.25, 0.3) is 32.9 Å². The van der Waals surface area contributed by atoms with Gasteiger partial charge in [0.15, 0.2) is 0 Å². The first-order chi connectivity index (χ1) is 15.2. The lowest BCUT2D eigenvalue weighted by molar-refractivity contribution is 0.915. The topological polar surface area (TPSA) is 9.86 Å². The highest BCUT2D eigenvalue weighted by Gasteiger charge is 2.27. The van der Waals surface area contributed by atoms with Gasteiger partial charge in [-0.1, -0.05) is 78.9 Å². The molecule has 0 spiro atoms. The van der Waals surface area contributed by atoms with Gasteiger partial charge in [-0.2, -0.15) is 0 Å². The molecule has 0 radical (unpaired) electrons. The van der Waals surface area contributed by atoms with Crippen molar-refractivity contribution in [3.8, 4) is 11.1 Å². The van der Waals surface area contributed by atoms with Crippen molar-refractivity contribution in [1.29, 1.82) is 0 Å². The molecule has 2 nitrogen and oxygen atoms in total. The van der Waals surface area contributed by atoms with Crippen molar-refractivity contribution in [2.24, 2.45) is 14.1 Å². The number of rotatable bonds is 3. The maximum absolute atomic E-state index is 2.32. The summed E-state index contributed by atoms with van der Waals surface area (Å²) >= 11 is 0. The number of hydrogen-bond donors (Lipinski definition) is 0. The van der Waals surface area contributed by atoms with E-state index in [1.165, 1.54) is 49.6 Å². The van der Waals surface area contributed by atoms with Crippen molar-refractivity contribution in [2.75, 3.05) is 0 Å². The van der Waals surface area contributed by atoms with Crippen LogP contribution in [0.2, 0.25) is 0 Å². The molecule has 2 heterocycles. The summed E-state index contributed by atoms with van der Waals surface area (Å²) in [6.45, 7) is 0. The van der Waals surface area contributed by atoms with Gasteiger partial charge in [-0.15, -0.1) is 0 Å². The van der Waals surface area contributed by atoms with Crippen molar-refractivity contribution in [1.82, 2.24) is 9.13 Å². The highest BCUT2D eigenvalue weighted by Crippen LogP contribution is 2.44. The van der Waals surface area contributed by atoms with Gasteiger partial charge in [0.2, 0.25) is 0 Å². The Hall–Kier alpha value is -3.78. The molecule has 0 bridgehead atoms. The number of aryl methyl sites for hydroxylation is 2. The van der Waals surface area contributed by atoms with Gasteiger partial charge in [-0.3, -0.25) is 0 Å². The van der Waals surface area contributed by atoms with Gasteiger partial charge in [0.1, 0.15) is 0 Å². The molecule has 31 heavy (non-hydrogen) atoms. The summed E-state index contributed by atoms with van der Waals surface area (Å²) in [7, 11) is 4.30. The third-order valence-electron chi connectivity index (χ3n) is 6.61. The smallest absolute Gasteiger partial charge is 0.0480 e. The highest BCUT2D eigenvalue weighted by molar-refractivity contribution is 5.91. The molecule has 0 aliphatic heterocycles. The second-order valence-electron chi connectivity index (χ2n) is 8.43. The second-order valence-corrected chi connectivity index (χ2v) is 8.43. The van der Waals surface area contributed by atoms with Crippen LogP contribution >= 0.6 is 0 Å². The van der Waals surface area contributed by atoms with Crippen molar-refractivity contribution < 1.29 is 0 Å². The summed E-state index contributed by atoms with van der Waals surface area (Å²) in [5.41, 5.74) is 9.20. The Morgan fingerprint density at radius 2 is 1.06 bits per heavy atom. The Bertz CT molecular complexity index is 1430. The number of fused-ring (bicyclic) bond motifs is 3. The van der Waals surface area contributed by atoms with Crippen LogP contribution in [0.5, 0.6) is 0 Å². The average Bonchev–Trinajstić information content (AvgIpc) is 3.38. The van der Waals surface area contributed by atoms with E-state index in [4.69, 9.17) is 0 Å². The third-order valence-corrected chi connectivity index (χ3v) is 6.61. The number of benzene rings is 2. The summed E-state index contributed by atoms with van der Waals surface area (Å²) in [6, 6.07) is 32.9. The van der Waals surface area contributed by atoms with Gasteiger partial charge >= 0.3 is 0 Å². The minimum Gasteiger partial charge on any atom is -0.350 e. The zero-order valence-electron chi connectivity index (χ0n) is 17.8. The van der Waals surface area contributed by atoms with E-state index >= 15 is 0 Å². The normalized spacial score (nSPS) is 11.8. The summed E-state index contributed by atoms with van der Waals surface area (Å²) < 4.78 is 4.52. The molecule has 2 aromatic carbocycles. The van der Waals surface area contributed by atoms with Crippen LogP contribution in [-0.4, -0.2) is 9.13 Å². The molecule has 4 aromatic rings. The van der Waals surface area contributed by atoms with Crippen molar-refractivity contribution in [3.63, 3.8) is 0 Å². The Balaban J connectivity index is 1.71. The minimum absolute atomic E-state index is 0.150. The van der Waals surface area contributed by atoms with Crippen LogP contribution in [0.4, 0.5) is 0 Å². The van der Waals surface area contributed by atoms with Gasteiger partial charge in [0.05, 0.1) is 0 Å². The molecule has 0 amide bonds. The minimum atomic E-state index is 0.150. The molecule has 2 aliphatic rings. The fourth-order valence-corrected chi connectivity index (χ4v) is 5.20. The number of aromatic nitrogens is 2. The van der Waals surface area contributed by atoms with E-state index in [1.807, 2.05) is 0 Å². The molecule has 0 saturated heterocycles. The Morgan fingerprint density at radius 3 is 1.71 bits per heavy atom. The molecule has 0 atom stereocenters. The Kier molecular flexibility index (Phi) is 4.00. The van der Waals surface area contributed by atoms with Crippen molar-refractivity contribution >= 4 is 21.8 Å². The number of nitrogens with zero attached hydrogens (tertiary/aromatic N) is 2. The monoisotopic (exact) mass is 400 g/mol. The Labute approximate surface area is 182 Å². The van der Waals surface area contributed by atoms with E-state index in [2.05, 4.69) is 127 Å². The van der Waals surface area contributed by atoms with E-state index in [9.17, 15) is 0 Å². The molecule has 0 saturated carbocycles. The first kappa shape index (κ1) is 18.0. The van der Waals surface area contributed by atoms with Crippen LogP contribution in [0, 0.1) is 0 Å². The average molecular weight is 401 g/mol. The lowest BCUT2D eigenvalue weighted by atomic mass is 9.84. The van der Waals surface area contributed by atoms with Gasteiger partial charge in [0.25, 0.3) is 0 Å². The lowest BCUT2D eigenvalue weighted by Crippen LogP contribution is -2.03. The molecule has 0 fully saturated rings. The molecule has 0 N–H and O–H groups in total. The summed E-state index contributed by atoms with van der Waals surface area (Å²) in [5, 5.41) is 2.63. The molecule has 150 valence electrons. The third kappa shape index (κ3) is 2.72. The molecule has 2 aliphatic carbocycles. The lowest BCUT2D eigenvalue weighted by Gasteiger charge is -2.18. The molecular weight excluding hydrogens is 376 g/mol. The van der Waals surface area contributed by atoms with Crippen LogP contribution in [0.3, 0.4) is 0 Å². The second kappa shape index (κ2) is 6.88.